The third kappa shape index (κ3) is 1.88. The van der Waals surface area contributed by atoms with Gasteiger partial charge in [-0.25, -0.2) is 0 Å². The predicted octanol–water partition coefficient (Wildman–Crippen LogP) is 3.35. The van der Waals surface area contributed by atoms with Crippen LogP contribution in [0.5, 0.6) is 0 Å². The fourth-order valence-electron chi connectivity index (χ4n) is 1.22. The van der Waals surface area contributed by atoms with Crippen LogP contribution in [0.3, 0.4) is 0 Å². The van der Waals surface area contributed by atoms with Gasteiger partial charge in [0.2, 0.25) is 0 Å². The number of hydrogen-bond acceptors (Lipinski definition) is 1. The maximum absolute atomic E-state index is 4.10. The Balaban J connectivity index is 2.54. The summed E-state index contributed by atoms with van der Waals surface area (Å²) in [6, 6.07) is 12.3. The molecule has 0 spiro atoms. The first-order valence-electron chi connectivity index (χ1n) is 4.03. The van der Waals surface area contributed by atoms with Gasteiger partial charge in [0.1, 0.15) is 0 Å². The van der Waals surface area contributed by atoms with Crippen LogP contribution in [-0.4, -0.2) is 4.98 Å². The van der Waals surface area contributed by atoms with E-state index in [1.54, 1.807) is 6.20 Å². The molecule has 0 bridgehead atoms. The van der Waals surface area contributed by atoms with Gasteiger partial charge in [-0.3, -0.25) is 4.98 Å². The zero-order chi connectivity index (χ0) is 9.10. The fourth-order valence-corrected chi connectivity index (χ4v) is 1.92. The quantitative estimate of drug-likeness (QED) is 0.730. The number of pyridine rings is 1. The first kappa shape index (κ1) is 8.69. The highest BCUT2D eigenvalue weighted by Crippen LogP contribution is 2.23. The van der Waals surface area contributed by atoms with Crippen LogP contribution in [0.2, 0.25) is 0 Å². The molecular formula is C11H8IN. The number of halogens is 1. The van der Waals surface area contributed by atoms with Crippen molar-refractivity contribution in [3.8, 4) is 11.1 Å². The van der Waals surface area contributed by atoms with E-state index in [0.29, 0.717) is 0 Å². The summed E-state index contributed by atoms with van der Waals surface area (Å²) in [4.78, 5) is 4.10. The van der Waals surface area contributed by atoms with E-state index >= 15 is 0 Å². The zero-order valence-corrected chi connectivity index (χ0v) is 9.10. The van der Waals surface area contributed by atoms with Gasteiger partial charge in [0.15, 0.2) is 0 Å². The maximum atomic E-state index is 4.10. The Labute approximate surface area is 91.0 Å². The third-order valence-corrected chi connectivity index (χ3v) is 2.79. The second kappa shape index (κ2) is 3.87. The summed E-state index contributed by atoms with van der Waals surface area (Å²) < 4.78 is 1.26. The normalized spacial score (nSPS) is 9.92. The van der Waals surface area contributed by atoms with Gasteiger partial charge in [-0.15, -0.1) is 0 Å². The van der Waals surface area contributed by atoms with E-state index in [2.05, 4.69) is 45.8 Å². The lowest BCUT2D eigenvalue weighted by molar-refractivity contribution is 1.33. The fraction of sp³-hybridized carbons (Fsp3) is 0. The lowest BCUT2D eigenvalue weighted by atomic mass is 10.1. The van der Waals surface area contributed by atoms with Crippen molar-refractivity contribution in [1.29, 1.82) is 0 Å². The van der Waals surface area contributed by atoms with Crippen molar-refractivity contribution in [3.63, 3.8) is 0 Å². The molecule has 0 saturated carbocycles. The van der Waals surface area contributed by atoms with Crippen molar-refractivity contribution in [2.75, 3.05) is 0 Å². The molecule has 0 saturated heterocycles. The van der Waals surface area contributed by atoms with Gasteiger partial charge in [-0.2, -0.15) is 0 Å². The van der Waals surface area contributed by atoms with Crippen molar-refractivity contribution >= 4 is 22.6 Å². The van der Waals surface area contributed by atoms with Crippen molar-refractivity contribution in [1.82, 2.24) is 4.98 Å². The molecule has 64 valence electrons. The summed E-state index contributed by atoms with van der Waals surface area (Å²) in [5.41, 5.74) is 2.42. The van der Waals surface area contributed by atoms with E-state index in [4.69, 9.17) is 0 Å². The first-order valence-corrected chi connectivity index (χ1v) is 5.11. The number of aromatic nitrogens is 1. The molecule has 0 radical (unpaired) electrons. The summed E-state index contributed by atoms with van der Waals surface area (Å²) in [6.45, 7) is 0. The SMILES string of the molecule is Ic1ccccc1-c1cccnc1. The lowest BCUT2D eigenvalue weighted by Gasteiger charge is -2.02. The van der Waals surface area contributed by atoms with E-state index in [0.717, 1.165) is 0 Å². The molecule has 2 rings (SSSR count). The van der Waals surface area contributed by atoms with Crippen molar-refractivity contribution in [2.45, 2.75) is 0 Å². The molecule has 0 aliphatic heterocycles. The standard InChI is InChI=1S/C11H8IN/c12-11-6-2-1-5-10(11)9-4-3-7-13-8-9/h1-8H. The third-order valence-electron chi connectivity index (χ3n) is 1.85. The smallest absolute Gasteiger partial charge is 0.0346 e. The van der Waals surface area contributed by atoms with Crippen LogP contribution in [0.25, 0.3) is 11.1 Å². The summed E-state index contributed by atoms with van der Waals surface area (Å²) in [5.74, 6) is 0. The maximum Gasteiger partial charge on any atom is 0.0346 e. The number of rotatable bonds is 1. The van der Waals surface area contributed by atoms with Gasteiger partial charge in [0.05, 0.1) is 0 Å². The molecule has 0 aliphatic rings. The van der Waals surface area contributed by atoms with Crippen molar-refractivity contribution < 1.29 is 0 Å². The van der Waals surface area contributed by atoms with Gasteiger partial charge in [0, 0.05) is 21.5 Å². The van der Waals surface area contributed by atoms with Gasteiger partial charge in [-0.05, 0) is 40.3 Å². The first-order chi connectivity index (χ1) is 6.38. The topological polar surface area (TPSA) is 12.9 Å². The molecule has 2 heteroatoms. The molecule has 1 heterocycles. The Morgan fingerprint density at radius 1 is 1.00 bits per heavy atom. The van der Waals surface area contributed by atoms with Crippen LogP contribution in [0.15, 0.2) is 48.8 Å². The monoisotopic (exact) mass is 281 g/mol. The van der Waals surface area contributed by atoms with Crippen molar-refractivity contribution in [2.24, 2.45) is 0 Å². The largest absolute Gasteiger partial charge is 0.264 e. The average molecular weight is 281 g/mol. The minimum absolute atomic E-state index is 1.17. The van der Waals surface area contributed by atoms with E-state index in [9.17, 15) is 0 Å². The minimum atomic E-state index is 1.17. The Morgan fingerprint density at radius 2 is 1.85 bits per heavy atom. The molecule has 0 fully saturated rings. The highest BCUT2D eigenvalue weighted by Gasteiger charge is 1.99. The molecular weight excluding hydrogens is 273 g/mol. The van der Waals surface area contributed by atoms with Gasteiger partial charge in [0.25, 0.3) is 0 Å². The molecule has 0 aliphatic carbocycles. The Bertz CT molecular complexity index is 398. The lowest BCUT2D eigenvalue weighted by Crippen LogP contribution is -1.82. The Hall–Kier alpha value is -0.900. The molecule has 1 nitrogen and oxygen atoms in total. The molecule has 0 atom stereocenters. The molecule has 2 aromatic rings. The second-order valence-electron chi connectivity index (χ2n) is 2.72. The van der Waals surface area contributed by atoms with E-state index < -0.39 is 0 Å². The Kier molecular flexibility index (Phi) is 2.59. The van der Waals surface area contributed by atoms with Gasteiger partial charge >= 0.3 is 0 Å². The summed E-state index contributed by atoms with van der Waals surface area (Å²) in [5, 5.41) is 0. The van der Waals surface area contributed by atoms with Crippen LogP contribution in [0.1, 0.15) is 0 Å². The van der Waals surface area contributed by atoms with E-state index in [-0.39, 0.29) is 0 Å². The van der Waals surface area contributed by atoms with Gasteiger partial charge < -0.3 is 0 Å². The minimum Gasteiger partial charge on any atom is -0.264 e. The second-order valence-corrected chi connectivity index (χ2v) is 3.88. The molecule has 1 aromatic heterocycles. The highest BCUT2D eigenvalue weighted by atomic mass is 127. The molecule has 0 N–H and O–H groups in total. The predicted molar refractivity (Wildman–Crippen MR) is 62.4 cm³/mol. The number of benzene rings is 1. The van der Waals surface area contributed by atoms with Crippen LogP contribution in [0.4, 0.5) is 0 Å². The zero-order valence-electron chi connectivity index (χ0n) is 6.94. The summed E-state index contributed by atoms with van der Waals surface area (Å²) >= 11 is 2.34. The van der Waals surface area contributed by atoms with Crippen LogP contribution in [0, 0.1) is 3.57 Å². The molecule has 0 amide bonds. The van der Waals surface area contributed by atoms with Crippen LogP contribution >= 0.6 is 22.6 Å². The number of hydrogen-bond donors (Lipinski definition) is 0. The summed E-state index contributed by atoms with van der Waals surface area (Å²) in [7, 11) is 0. The average Bonchev–Trinajstić information content (AvgIpc) is 2.20. The molecule has 13 heavy (non-hydrogen) atoms. The van der Waals surface area contributed by atoms with Gasteiger partial charge in [-0.1, -0.05) is 24.3 Å². The number of nitrogens with zero attached hydrogens (tertiary/aromatic N) is 1. The molecule has 0 unspecified atom stereocenters. The van der Waals surface area contributed by atoms with E-state index in [1.807, 2.05) is 24.4 Å². The van der Waals surface area contributed by atoms with Crippen molar-refractivity contribution in [3.05, 3.63) is 52.4 Å². The van der Waals surface area contributed by atoms with E-state index in [1.165, 1.54) is 14.7 Å². The highest BCUT2D eigenvalue weighted by molar-refractivity contribution is 14.1. The van der Waals surface area contributed by atoms with Crippen LogP contribution < -0.4 is 0 Å². The molecule has 1 aromatic carbocycles. The Morgan fingerprint density at radius 3 is 2.54 bits per heavy atom. The van der Waals surface area contributed by atoms with Crippen LogP contribution in [-0.2, 0) is 0 Å². The summed E-state index contributed by atoms with van der Waals surface area (Å²) in [6.07, 6.45) is 3.68.